The number of aliphatic carboxylic acids is 1. The van der Waals surface area contributed by atoms with E-state index in [-0.39, 0.29) is 23.2 Å². The predicted molar refractivity (Wildman–Crippen MR) is 131 cm³/mol. The Bertz CT molecular complexity index is 1110. The number of rotatable bonds is 7. The molecule has 2 aromatic carbocycles. The van der Waals surface area contributed by atoms with Crippen molar-refractivity contribution in [2.45, 2.75) is 45.1 Å². The van der Waals surface area contributed by atoms with Crippen LogP contribution in [0.2, 0.25) is 0 Å². The Kier molecular flexibility index (Phi) is 6.03. The first kappa shape index (κ1) is 23.4. The molecule has 1 heterocycles. The fraction of sp³-hybridized carbons (Fsp3) is 0.464. The summed E-state index contributed by atoms with van der Waals surface area (Å²) in [6.07, 6.45) is 1.66. The lowest BCUT2D eigenvalue weighted by atomic mass is 9.71. The van der Waals surface area contributed by atoms with Gasteiger partial charge >= 0.3 is 12.1 Å². The van der Waals surface area contributed by atoms with E-state index in [1.807, 2.05) is 38.1 Å². The molecule has 0 bridgehead atoms. The summed E-state index contributed by atoms with van der Waals surface area (Å²) in [7, 11) is 0. The molecular formula is C28H32N2O5. The number of amides is 2. The van der Waals surface area contributed by atoms with Gasteiger partial charge in [-0.15, -0.1) is 0 Å². The van der Waals surface area contributed by atoms with Gasteiger partial charge in [-0.05, 0) is 46.9 Å². The van der Waals surface area contributed by atoms with Gasteiger partial charge in [0.2, 0.25) is 5.91 Å². The molecule has 1 saturated carbocycles. The molecule has 2 amide bonds. The Labute approximate surface area is 205 Å². The van der Waals surface area contributed by atoms with E-state index >= 15 is 0 Å². The zero-order valence-electron chi connectivity index (χ0n) is 20.2. The van der Waals surface area contributed by atoms with Gasteiger partial charge in [-0.3, -0.25) is 4.79 Å². The molecule has 2 fully saturated rings. The largest absolute Gasteiger partial charge is 0.480 e. The average Bonchev–Trinajstić information content (AvgIpc) is 3.11. The van der Waals surface area contributed by atoms with Gasteiger partial charge in [-0.2, -0.15) is 0 Å². The number of alkyl carbamates (subject to hydrolysis) is 1. The van der Waals surface area contributed by atoms with Crippen molar-refractivity contribution in [3.8, 4) is 11.1 Å². The number of likely N-dealkylation sites (tertiary alicyclic amines) is 1. The SMILES string of the molecule is CC1(C)CN(C(=O)CC2CC(CNC(=O)OCC3c4ccccc4-c4ccccc43)C2)C1C(=O)O. The van der Waals surface area contributed by atoms with Crippen LogP contribution < -0.4 is 5.32 Å². The first-order chi connectivity index (χ1) is 16.7. The summed E-state index contributed by atoms with van der Waals surface area (Å²) in [5.74, 6) is -0.419. The van der Waals surface area contributed by atoms with Crippen LogP contribution in [0.5, 0.6) is 0 Å². The first-order valence-corrected chi connectivity index (χ1v) is 12.4. The molecule has 2 aromatic rings. The zero-order valence-corrected chi connectivity index (χ0v) is 20.2. The number of hydrogen-bond donors (Lipinski definition) is 2. The molecule has 0 spiro atoms. The summed E-state index contributed by atoms with van der Waals surface area (Å²) in [6, 6.07) is 15.8. The van der Waals surface area contributed by atoms with Gasteiger partial charge < -0.3 is 20.1 Å². The molecule has 7 nitrogen and oxygen atoms in total. The third kappa shape index (κ3) is 4.40. The van der Waals surface area contributed by atoms with Crippen molar-refractivity contribution in [2.75, 3.05) is 19.7 Å². The number of carboxylic acid groups (broad SMARTS) is 1. The van der Waals surface area contributed by atoms with Crippen molar-refractivity contribution in [3.63, 3.8) is 0 Å². The third-order valence-corrected chi connectivity index (χ3v) is 7.86. The molecule has 0 radical (unpaired) electrons. The van der Waals surface area contributed by atoms with Crippen molar-refractivity contribution in [1.29, 1.82) is 0 Å². The topological polar surface area (TPSA) is 95.9 Å². The number of nitrogens with one attached hydrogen (secondary N) is 1. The lowest BCUT2D eigenvalue weighted by Crippen LogP contribution is -2.67. The minimum absolute atomic E-state index is 0.0355. The van der Waals surface area contributed by atoms with Crippen LogP contribution in [0.25, 0.3) is 11.1 Å². The van der Waals surface area contributed by atoms with E-state index in [9.17, 15) is 19.5 Å². The van der Waals surface area contributed by atoms with E-state index in [2.05, 4.69) is 29.6 Å². The van der Waals surface area contributed by atoms with Gasteiger partial charge in [0.15, 0.2) is 0 Å². The van der Waals surface area contributed by atoms with Crippen molar-refractivity contribution >= 4 is 18.0 Å². The Morgan fingerprint density at radius 1 is 1.00 bits per heavy atom. The van der Waals surface area contributed by atoms with E-state index in [0.29, 0.717) is 32.0 Å². The monoisotopic (exact) mass is 476 g/mol. The van der Waals surface area contributed by atoms with Crippen LogP contribution in [-0.2, 0) is 14.3 Å². The lowest BCUT2D eigenvalue weighted by Gasteiger charge is -2.52. The predicted octanol–water partition coefficient (Wildman–Crippen LogP) is 4.26. The maximum absolute atomic E-state index is 12.6. The number of hydrogen-bond acceptors (Lipinski definition) is 4. The van der Waals surface area contributed by atoms with Crippen LogP contribution in [0.1, 0.15) is 50.2 Å². The highest BCUT2D eigenvalue weighted by Crippen LogP contribution is 2.44. The molecule has 1 atom stereocenters. The molecule has 35 heavy (non-hydrogen) atoms. The zero-order chi connectivity index (χ0) is 24.7. The Hall–Kier alpha value is -3.35. The first-order valence-electron chi connectivity index (χ1n) is 12.4. The maximum atomic E-state index is 12.6. The molecular weight excluding hydrogens is 444 g/mol. The van der Waals surface area contributed by atoms with Gasteiger partial charge in [0.05, 0.1) is 0 Å². The number of nitrogens with zero attached hydrogens (tertiary/aromatic N) is 1. The van der Waals surface area contributed by atoms with Crippen molar-refractivity contribution < 1.29 is 24.2 Å². The number of carbonyl (C=O) groups is 3. The highest BCUT2D eigenvalue weighted by atomic mass is 16.5. The Morgan fingerprint density at radius 2 is 1.60 bits per heavy atom. The van der Waals surface area contributed by atoms with E-state index in [1.54, 1.807) is 0 Å². The van der Waals surface area contributed by atoms with Gasteiger partial charge in [-0.1, -0.05) is 62.4 Å². The second-order valence-corrected chi connectivity index (χ2v) is 10.9. The summed E-state index contributed by atoms with van der Waals surface area (Å²) in [4.78, 5) is 37.9. The Balaban J connectivity index is 1.05. The van der Waals surface area contributed by atoms with Gasteiger partial charge in [0, 0.05) is 30.8 Å². The molecule has 0 aromatic heterocycles. The number of fused-ring (bicyclic) bond motifs is 3. The molecule has 7 heteroatoms. The highest BCUT2D eigenvalue weighted by Gasteiger charge is 2.52. The molecule has 3 aliphatic rings. The van der Waals surface area contributed by atoms with Crippen molar-refractivity contribution in [1.82, 2.24) is 10.2 Å². The number of carboxylic acids is 1. The number of carbonyl (C=O) groups excluding carboxylic acids is 2. The lowest BCUT2D eigenvalue weighted by molar-refractivity contribution is -0.172. The number of benzene rings is 2. The summed E-state index contributed by atoms with van der Waals surface area (Å²) in [5, 5.41) is 12.3. The molecule has 2 aliphatic carbocycles. The van der Waals surface area contributed by atoms with Gasteiger partial charge in [0.1, 0.15) is 12.6 Å². The summed E-state index contributed by atoms with van der Waals surface area (Å²) in [6.45, 7) is 5.06. The molecule has 1 aliphatic heterocycles. The van der Waals surface area contributed by atoms with Crippen LogP contribution in [0.15, 0.2) is 48.5 Å². The second kappa shape index (κ2) is 9.02. The third-order valence-electron chi connectivity index (χ3n) is 7.86. The highest BCUT2D eigenvalue weighted by molar-refractivity contribution is 5.86. The minimum atomic E-state index is -0.937. The standard InChI is InChI=1S/C28H32N2O5/c1-28(2)16-30(25(28)26(32)33)24(31)13-17-11-18(12-17)14-29-27(34)35-15-23-21-9-5-3-7-19(21)20-8-4-6-10-22(20)23/h3-10,17-18,23,25H,11-16H2,1-2H3,(H,29,34)(H,32,33). The minimum Gasteiger partial charge on any atom is -0.480 e. The van der Waals surface area contributed by atoms with Crippen LogP contribution in [0.4, 0.5) is 4.79 Å². The maximum Gasteiger partial charge on any atom is 0.407 e. The Morgan fingerprint density at radius 3 is 2.17 bits per heavy atom. The van der Waals surface area contributed by atoms with E-state index in [0.717, 1.165) is 12.8 Å². The molecule has 184 valence electrons. The average molecular weight is 477 g/mol. The molecule has 1 unspecified atom stereocenters. The van der Waals surface area contributed by atoms with E-state index in [4.69, 9.17) is 4.74 Å². The normalized spacial score (nSPS) is 23.9. The van der Waals surface area contributed by atoms with Crippen molar-refractivity contribution in [3.05, 3.63) is 59.7 Å². The quantitative estimate of drug-likeness (QED) is 0.622. The molecule has 5 rings (SSSR count). The van der Waals surface area contributed by atoms with E-state index < -0.39 is 18.1 Å². The summed E-state index contributed by atoms with van der Waals surface area (Å²) < 4.78 is 5.59. The van der Waals surface area contributed by atoms with Crippen molar-refractivity contribution in [2.24, 2.45) is 17.3 Å². The van der Waals surface area contributed by atoms with Gasteiger partial charge in [-0.25, -0.2) is 9.59 Å². The molecule has 1 saturated heterocycles. The summed E-state index contributed by atoms with van der Waals surface area (Å²) >= 11 is 0. The van der Waals surface area contributed by atoms with Crippen LogP contribution in [-0.4, -0.2) is 53.7 Å². The number of ether oxygens (including phenoxy) is 1. The second-order valence-electron chi connectivity index (χ2n) is 10.9. The summed E-state index contributed by atoms with van der Waals surface area (Å²) in [5.41, 5.74) is 4.39. The smallest absolute Gasteiger partial charge is 0.407 e. The fourth-order valence-electron chi connectivity index (χ4n) is 6.07. The van der Waals surface area contributed by atoms with Crippen LogP contribution in [0, 0.1) is 17.3 Å². The fourth-order valence-corrected chi connectivity index (χ4v) is 6.07. The van der Waals surface area contributed by atoms with Gasteiger partial charge in [0.25, 0.3) is 0 Å². The van der Waals surface area contributed by atoms with Crippen LogP contribution in [0.3, 0.4) is 0 Å². The van der Waals surface area contributed by atoms with Crippen LogP contribution >= 0.6 is 0 Å². The van der Waals surface area contributed by atoms with E-state index in [1.165, 1.54) is 27.2 Å². The molecule has 2 N–H and O–H groups in total.